The first-order valence-corrected chi connectivity index (χ1v) is 7.30. The summed E-state index contributed by atoms with van der Waals surface area (Å²) < 4.78 is 0. The fourth-order valence-electron chi connectivity index (χ4n) is 2.58. The predicted molar refractivity (Wildman–Crippen MR) is 78.8 cm³/mol. The van der Waals surface area contributed by atoms with Crippen LogP contribution in [0.25, 0.3) is 0 Å². The van der Waals surface area contributed by atoms with Crippen molar-refractivity contribution in [2.24, 2.45) is 5.73 Å². The molecule has 0 saturated heterocycles. The molecular formula is C17H23NO. The van der Waals surface area contributed by atoms with Gasteiger partial charge in [-0.1, -0.05) is 42.8 Å². The van der Waals surface area contributed by atoms with Crippen molar-refractivity contribution in [1.29, 1.82) is 0 Å². The van der Waals surface area contributed by atoms with Crippen molar-refractivity contribution in [3.63, 3.8) is 0 Å². The van der Waals surface area contributed by atoms with Crippen LogP contribution < -0.4 is 5.73 Å². The SMILES string of the molecule is NC(CCC(=O)C1=CCCCCC1)c1ccccc1. The highest BCUT2D eigenvalue weighted by Gasteiger charge is 2.13. The van der Waals surface area contributed by atoms with Crippen LogP contribution in [0.5, 0.6) is 0 Å². The molecule has 0 radical (unpaired) electrons. The molecule has 1 atom stereocenters. The van der Waals surface area contributed by atoms with E-state index in [9.17, 15) is 4.79 Å². The molecule has 19 heavy (non-hydrogen) atoms. The number of allylic oxidation sites excluding steroid dienone is 2. The summed E-state index contributed by atoms with van der Waals surface area (Å²) in [6.07, 6.45) is 9.09. The molecule has 1 aliphatic carbocycles. The second-order valence-electron chi connectivity index (χ2n) is 5.31. The highest BCUT2D eigenvalue weighted by molar-refractivity contribution is 5.95. The summed E-state index contributed by atoms with van der Waals surface area (Å²) in [4.78, 5) is 12.2. The Hall–Kier alpha value is -1.41. The van der Waals surface area contributed by atoms with Crippen molar-refractivity contribution in [3.05, 3.63) is 47.5 Å². The smallest absolute Gasteiger partial charge is 0.158 e. The fourth-order valence-corrected chi connectivity index (χ4v) is 2.58. The third kappa shape index (κ3) is 4.32. The van der Waals surface area contributed by atoms with Crippen LogP contribution in [0.4, 0.5) is 0 Å². The van der Waals surface area contributed by atoms with Crippen molar-refractivity contribution in [1.82, 2.24) is 0 Å². The van der Waals surface area contributed by atoms with E-state index in [1.165, 1.54) is 12.8 Å². The summed E-state index contributed by atoms with van der Waals surface area (Å²) in [5, 5.41) is 0. The van der Waals surface area contributed by atoms with Crippen LogP contribution in [0.2, 0.25) is 0 Å². The van der Waals surface area contributed by atoms with Gasteiger partial charge in [0.25, 0.3) is 0 Å². The van der Waals surface area contributed by atoms with Gasteiger partial charge in [0, 0.05) is 12.5 Å². The highest BCUT2D eigenvalue weighted by Crippen LogP contribution is 2.21. The van der Waals surface area contributed by atoms with E-state index in [4.69, 9.17) is 5.73 Å². The van der Waals surface area contributed by atoms with Crippen molar-refractivity contribution < 1.29 is 4.79 Å². The third-order valence-electron chi connectivity index (χ3n) is 3.81. The van der Waals surface area contributed by atoms with Crippen LogP contribution in [0, 0.1) is 0 Å². The number of carbonyl (C=O) groups excluding carboxylic acids is 1. The van der Waals surface area contributed by atoms with Gasteiger partial charge in [0.15, 0.2) is 5.78 Å². The van der Waals surface area contributed by atoms with Gasteiger partial charge in [-0.2, -0.15) is 0 Å². The zero-order chi connectivity index (χ0) is 13.5. The minimum Gasteiger partial charge on any atom is -0.324 e. The summed E-state index contributed by atoms with van der Waals surface area (Å²) in [7, 11) is 0. The van der Waals surface area contributed by atoms with Crippen molar-refractivity contribution >= 4 is 5.78 Å². The molecule has 0 amide bonds. The van der Waals surface area contributed by atoms with Gasteiger partial charge in [0.1, 0.15) is 0 Å². The normalized spacial score (nSPS) is 17.4. The van der Waals surface area contributed by atoms with E-state index in [-0.39, 0.29) is 6.04 Å². The number of nitrogens with two attached hydrogens (primary N) is 1. The van der Waals surface area contributed by atoms with Gasteiger partial charge in [0.05, 0.1) is 0 Å². The van der Waals surface area contributed by atoms with E-state index in [1.807, 2.05) is 30.3 Å². The molecule has 0 saturated carbocycles. The van der Waals surface area contributed by atoms with Crippen LogP contribution in [-0.2, 0) is 4.79 Å². The fraction of sp³-hybridized carbons (Fsp3) is 0.471. The third-order valence-corrected chi connectivity index (χ3v) is 3.81. The summed E-state index contributed by atoms with van der Waals surface area (Å²) >= 11 is 0. The van der Waals surface area contributed by atoms with Crippen molar-refractivity contribution in [2.75, 3.05) is 0 Å². The zero-order valence-electron chi connectivity index (χ0n) is 11.5. The Morgan fingerprint density at radius 1 is 1.16 bits per heavy atom. The van der Waals surface area contributed by atoms with E-state index >= 15 is 0 Å². The van der Waals surface area contributed by atoms with Gasteiger partial charge in [-0.25, -0.2) is 0 Å². The molecule has 2 N–H and O–H groups in total. The van der Waals surface area contributed by atoms with Gasteiger partial charge < -0.3 is 5.73 Å². The number of ketones is 1. The molecule has 102 valence electrons. The van der Waals surface area contributed by atoms with E-state index in [0.717, 1.165) is 36.8 Å². The Bertz CT molecular complexity index is 436. The maximum atomic E-state index is 12.2. The molecule has 0 heterocycles. The Labute approximate surface area is 115 Å². The van der Waals surface area contributed by atoms with Gasteiger partial charge in [-0.15, -0.1) is 0 Å². The molecule has 0 aliphatic heterocycles. The second kappa shape index (κ2) is 7.25. The van der Waals surface area contributed by atoms with E-state index in [0.29, 0.717) is 12.2 Å². The summed E-state index contributed by atoms with van der Waals surface area (Å²) in [6.45, 7) is 0. The Kier molecular flexibility index (Phi) is 5.34. The maximum absolute atomic E-state index is 12.2. The second-order valence-corrected chi connectivity index (χ2v) is 5.31. The molecule has 2 nitrogen and oxygen atoms in total. The minimum absolute atomic E-state index is 0.0310. The molecule has 1 unspecified atom stereocenters. The molecule has 1 aliphatic rings. The number of Topliss-reactive ketones (excluding diaryl/α,β-unsaturated/α-hetero) is 1. The zero-order valence-corrected chi connectivity index (χ0v) is 11.5. The maximum Gasteiger partial charge on any atom is 0.158 e. The number of benzene rings is 1. The lowest BCUT2D eigenvalue weighted by Crippen LogP contribution is -2.13. The van der Waals surface area contributed by atoms with Crippen LogP contribution in [0.15, 0.2) is 42.0 Å². The van der Waals surface area contributed by atoms with Crippen LogP contribution in [0.1, 0.15) is 56.6 Å². The number of carbonyl (C=O) groups is 1. The average Bonchev–Trinajstić information content (AvgIpc) is 2.74. The van der Waals surface area contributed by atoms with E-state index in [1.54, 1.807) is 0 Å². The van der Waals surface area contributed by atoms with Crippen LogP contribution in [0.3, 0.4) is 0 Å². The van der Waals surface area contributed by atoms with Gasteiger partial charge in [-0.3, -0.25) is 4.79 Å². The molecule has 1 aromatic rings. The van der Waals surface area contributed by atoms with Gasteiger partial charge in [-0.05, 0) is 43.2 Å². The Balaban J connectivity index is 1.84. The molecule has 2 heteroatoms. The Morgan fingerprint density at radius 2 is 1.95 bits per heavy atom. The van der Waals surface area contributed by atoms with Crippen molar-refractivity contribution in [3.8, 4) is 0 Å². The number of rotatable bonds is 5. The lowest BCUT2D eigenvalue weighted by molar-refractivity contribution is -0.115. The lowest BCUT2D eigenvalue weighted by atomic mass is 9.97. The first kappa shape index (κ1) is 14.0. The number of hydrogen-bond acceptors (Lipinski definition) is 2. The molecule has 0 fully saturated rings. The van der Waals surface area contributed by atoms with Gasteiger partial charge >= 0.3 is 0 Å². The molecular weight excluding hydrogens is 234 g/mol. The summed E-state index contributed by atoms with van der Waals surface area (Å²) in [6, 6.07) is 9.99. The van der Waals surface area contributed by atoms with E-state index < -0.39 is 0 Å². The first-order valence-electron chi connectivity index (χ1n) is 7.30. The van der Waals surface area contributed by atoms with Crippen LogP contribution in [-0.4, -0.2) is 5.78 Å². The molecule has 1 aromatic carbocycles. The van der Waals surface area contributed by atoms with Crippen molar-refractivity contribution in [2.45, 2.75) is 51.0 Å². The Morgan fingerprint density at radius 3 is 2.74 bits per heavy atom. The minimum atomic E-state index is -0.0310. The standard InChI is InChI=1S/C17H23NO/c18-16(14-8-6-3-7-9-14)12-13-17(19)15-10-4-1-2-5-11-15/h3,6-10,16H,1-2,4-5,11-13,18H2. The average molecular weight is 257 g/mol. The predicted octanol–water partition coefficient (Wildman–Crippen LogP) is 3.93. The topological polar surface area (TPSA) is 43.1 Å². The highest BCUT2D eigenvalue weighted by atomic mass is 16.1. The van der Waals surface area contributed by atoms with E-state index in [2.05, 4.69) is 6.08 Å². The van der Waals surface area contributed by atoms with Gasteiger partial charge in [0.2, 0.25) is 0 Å². The summed E-state index contributed by atoms with van der Waals surface area (Å²) in [5.74, 6) is 0.299. The largest absolute Gasteiger partial charge is 0.324 e. The van der Waals surface area contributed by atoms with Crippen LogP contribution >= 0.6 is 0 Å². The molecule has 0 spiro atoms. The molecule has 2 rings (SSSR count). The quantitative estimate of drug-likeness (QED) is 0.868. The molecule has 0 bridgehead atoms. The molecule has 0 aromatic heterocycles. The summed E-state index contributed by atoms with van der Waals surface area (Å²) in [5.41, 5.74) is 8.29. The monoisotopic (exact) mass is 257 g/mol. The first-order chi connectivity index (χ1) is 9.27. The number of hydrogen-bond donors (Lipinski definition) is 1. The lowest BCUT2D eigenvalue weighted by Gasteiger charge is -2.12.